The Balaban J connectivity index is 1.84. The first kappa shape index (κ1) is 36.2. The molecule has 0 aliphatic heterocycles. The highest BCUT2D eigenvalue weighted by atomic mass is 32.2. The van der Waals surface area contributed by atoms with Gasteiger partial charge < -0.3 is 14.4 Å². The lowest BCUT2D eigenvalue weighted by molar-refractivity contribution is 0.464. The monoisotopic (exact) mass is 707 g/mol. The number of aromatic hydroxyl groups is 2. The van der Waals surface area contributed by atoms with Gasteiger partial charge >= 0.3 is 15.2 Å². The number of rotatable bonds is 9. The minimum absolute atomic E-state index is 0.0549. The van der Waals surface area contributed by atoms with Crippen molar-refractivity contribution in [2.24, 2.45) is 15.4 Å². The molecule has 260 valence electrons. The lowest BCUT2D eigenvalue weighted by Gasteiger charge is -2.27. The summed E-state index contributed by atoms with van der Waals surface area (Å²) in [5.41, 5.74) is 9.51. The van der Waals surface area contributed by atoms with Crippen molar-refractivity contribution in [3.63, 3.8) is 0 Å². The average Bonchev–Trinajstić information content (AvgIpc) is 3.06. The smallest absolute Gasteiger partial charge is 0.339 e. The van der Waals surface area contributed by atoms with Crippen molar-refractivity contribution in [1.82, 2.24) is 0 Å². The number of nitrogens with one attached hydrogen (secondary N) is 1. The van der Waals surface area contributed by atoms with E-state index in [1.54, 1.807) is 30.3 Å². The molecule has 5 rings (SSSR count). The molecule has 0 aliphatic carbocycles. The first-order valence-electron chi connectivity index (χ1n) is 15.9. The second kappa shape index (κ2) is 14.0. The number of phenolic OH excluding ortho intramolecular Hbond substituents is 2. The molecule has 3 N–H and O–H groups in total. The van der Waals surface area contributed by atoms with Gasteiger partial charge in [-0.2, -0.15) is 13.9 Å². The van der Waals surface area contributed by atoms with E-state index in [9.17, 15) is 33.6 Å². The van der Waals surface area contributed by atoms with Crippen LogP contribution < -0.4 is 25.8 Å². The fourth-order valence-electron chi connectivity index (χ4n) is 6.38. The standard InChI is InChI=1S/C37H34N6O7S/c1-18(2)24-16-26(20(5)14-28(24)44)32(27-17-25(19(3)4)29(45)15-21(27)6)22-10-7-8-12-30(22)50-51(48,49)31-13-9-11-23-33(31)34(40-42-38)35(41-43-39)37(47)36(23)46/h7-19,32,39H,1-6H3,(H-,44,45)/p+1. The van der Waals surface area contributed by atoms with Gasteiger partial charge in [0.1, 0.15) is 22.1 Å². The summed E-state index contributed by atoms with van der Waals surface area (Å²) in [6, 6.07) is 17.2. The lowest BCUT2D eigenvalue weighted by atomic mass is 9.78. The molecular formula is C37H35N6O7S+. The molecule has 5 aromatic rings. The molecule has 0 saturated carbocycles. The molecule has 0 bridgehead atoms. The Morgan fingerprint density at radius 3 is 1.86 bits per heavy atom. The van der Waals surface area contributed by atoms with Crippen LogP contribution in [-0.4, -0.2) is 18.6 Å². The third kappa shape index (κ3) is 6.63. The van der Waals surface area contributed by atoms with Crippen LogP contribution >= 0.6 is 0 Å². The number of phenols is 2. The van der Waals surface area contributed by atoms with E-state index in [1.165, 1.54) is 18.2 Å². The van der Waals surface area contributed by atoms with Crippen molar-refractivity contribution < 1.29 is 22.8 Å². The number of aryl methyl sites for hydroxylation is 2. The molecular weight excluding hydrogens is 673 g/mol. The fourth-order valence-corrected chi connectivity index (χ4v) is 7.55. The quantitative estimate of drug-likeness (QED) is 0.0402. The highest BCUT2D eigenvalue weighted by molar-refractivity contribution is 7.87. The van der Waals surface area contributed by atoms with Gasteiger partial charge in [-0.25, -0.2) is 0 Å². The molecule has 0 saturated heterocycles. The van der Waals surface area contributed by atoms with Gasteiger partial charge in [0.25, 0.3) is 10.8 Å². The Labute approximate surface area is 292 Å². The van der Waals surface area contributed by atoms with Crippen molar-refractivity contribution >= 4 is 20.9 Å². The molecule has 5 aromatic carbocycles. The third-order valence-corrected chi connectivity index (χ3v) is 10.1. The topological polar surface area (TPSA) is 207 Å². The summed E-state index contributed by atoms with van der Waals surface area (Å²) in [5, 5.41) is 41.2. The minimum atomic E-state index is -4.86. The van der Waals surface area contributed by atoms with E-state index >= 15 is 0 Å². The molecule has 0 aliphatic rings. The molecule has 0 unspecified atom stereocenters. The Morgan fingerprint density at radius 2 is 1.33 bits per heavy atom. The van der Waals surface area contributed by atoms with Gasteiger partial charge in [0.2, 0.25) is 5.43 Å². The molecule has 0 fully saturated rings. The zero-order chi connectivity index (χ0) is 37.4. The van der Waals surface area contributed by atoms with Crippen LogP contribution in [-0.2, 0) is 10.1 Å². The molecule has 0 aromatic heterocycles. The summed E-state index contributed by atoms with van der Waals surface area (Å²) >= 11 is 0. The predicted molar refractivity (Wildman–Crippen MR) is 189 cm³/mol. The van der Waals surface area contributed by atoms with Crippen LogP contribution in [0.15, 0.2) is 96.6 Å². The van der Waals surface area contributed by atoms with E-state index in [1.807, 2.05) is 53.7 Å². The van der Waals surface area contributed by atoms with Crippen LogP contribution in [0.2, 0.25) is 0 Å². The summed E-state index contributed by atoms with van der Waals surface area (Å²) in [6.07, 6.45) is 0. The van der Waals surface area contributed by atoms with E-state index in [2.05, 4.69) is 20.5 Å². The number of nitrogens with zero attached hydrogens (tertiary/aromatic N) is 5. The Kier molecular flexibility index (Phi) is 9.97. The van der Waals surface area contributed by atoms with E-state index in [0.29, 0.717) is 16.7 Å². The zero-order valence-electron chi connectivity index (χ0n) is 28.7. The van der Waals surface area contributed by atoms with Crippen molar-refractivity contribution in [2.45, 2.75) is 64.2 Å². The number of fused-ring (bicyclic) bond motifs is 1. The SMILES string of the molecule is Cc1cc(O)c(C(C)C)cc1C(c1cc(C(C)C)c(O)cc1C)c1ccccc1OS(=O)(=O)c1cccc2c(=O)c(=O)c(=NN=N)c(=N[N+]#N)c12. The van der Waals surface area contributed by atoms with E-state index in [-0.39, 0.29) is 34.5 Å². The summed E-state index contributed by atoms with van der Waals surface area (Å²) in [7, 11) is -4.86. The maximum Gasteiger partial charge on any atom is 0.339 e. The van der Waals surface area contributed by atoms with Gasteiger partial charge in [-0.3, -0.25) is 9.59 Å². The van der Waals surface area contributed by atoms with Crippen LogP contribution in [0.25, 0.3) is 15.9 Å². The molecule has 0 amide bonds. The minimum Gasteiger partial charge on any atom is -0.508 e. The molecule has 14 heteroatoms. The van der Waals surface area contributed by atoms with E-state index < -0.39 is 47.9 Å². The van der Waals surface area contributed by atoms with Crippen molar-refractivity contribution in [1.29, 1.82) is 10.9 Å². The second-order valence-corrected chi connectivity index (χ2v) is 14.3. The van der Waals surface area contributed by atoms with Gasteiger partial charge in [0, 0.05) is 22.3 Å². The number of para-hydroxylation sites is 1. The normalized spacial score (nSPS) is 12.6. The van der Waals surface area contributed by atoms with E-state index in [0.717, 1.165) is 28.3 Å². The second-order valence-electron chi connectivity index (χ2n) is 12.8. The summed E-state index contributed by atoms with van der Waals surface area (Å²) in [5.74, 6) is -0.605. The molecule has 13 nitrogen and oxygen atoms in total. The predicted octanol–water partition coefficient (Wildman–Crippen LogP) is 6.17. The summed E-state index contributed by atoms with van der Waals surface area (Å²) in [6.45, 7) is 11.5. The first-order chi connectivity index (χ1) is 24.1. The molecule has 0 atom stereocenters. The molecule has 51 heavy (non-hydrogen) atoms. The highest BCUT2D eigenvalue weighted by Gasteiger charge is 2.30. The lowest BCUT2D eigenvalue weighted by Crippen LogP contribution is -2.48. The van der Waals surface area contributed by atoms with Crippen molar-refractivity contribution in [3.05, 3.63) is 142 Å². The zero-order valence-corrected chi connectivity index (χ0v) is 29.5. The van der Waals surface area contributed by atoms with Crippen LogP contribution in [0.4, 0.5) is 0 Å². The summed E-state index contributed by atoms with van der Waals surface area (Å²) in [4.78, 5) is 25.3. The molecule has 0 radical (unpaired) electrons. The molecule has 0 heterocycles. The number of hydrogen-bond donors (Lipinski definition) is 3. The van der Waals surface area contributed by atoms with Crippen LogP contribution in [0.5, 0.6) is 17.2 Å². The van der Waals surface area contributed by atoms with Crippen LogP contribution in [0.3, 0.4) is 0 Å². The maximum absolute atomic E-state index is 14.3. The number of hydrogen-bond acceptors (Lipinski definition) is 11. The highest BCUT2D eigenvalue weighted by Crippen LogP contribution is 2.45. The van der Waals surface area contributed by atoms with Gasteiger partial charge in [-0.15, -0.1) is 5.10 Å². The van der Waals surface area contributed by atoms with Gasteiger partial charge in [0.15, 0.2) is 15.8 Å². The van der Waals surface area contributed by atoms with Gasteiger partial charge in [-0.05, 0) is 83.3 Å². The average molecular weight is 708 g/mol. The Hall–Kier alpha value is -6.07. The number of diazo groups is 1. The third-order valence-electron chi connectivity index (χ3n) is 8.84. The van der Waals surface area contributed by atoms with Crippen molar-refractivity contribution in [3.8, 4) is 17.2 Å². The first-order valence-corrected chi connectivity index (χ1v) is 17.3. The maximum atomic E-state index is 14.3. The van der Waals surface area contributed by atoms with Gasteiger partial charge in [-0.1, -0.05) is 75.4 Å². The van der Waals surface area contributed by atoms with E-state index in [4.69, 9.17) is 9.71 Å². The largest absolute Gasteiger partial charge is 0.508 e. The van der Waals surface area contributed by atoms with Crippen LogP contribution in [0, 0.1) is 24.8 Å². The summed E-state index contributed by atoms with van der Waals surface area (Å²) < 4.78 is 34.5. The Bertz CT molecular complexity index is 2560. The van der Waals surface area contributed by atoms with Gasteiger partial charge in [0.05, 0.1) is 0 Å². The van der Waals surface area contributed by atoms with Crippen molar-refractivity contribution in [2.75, 3.05) is 0 Å². The Morgan fingerprint density at radius 1 is 0.765 bits per heavy atom. The fraction of sp³-hybridized carbons (Fsp3) is 0.243. The molecule has 0 spiro atoms. The number of benzene rings is 5. The van der Waals surface area contributed by atoms with Crippen LogP contribution in [0.1, 0.15) is 84.4 Å².